The smallest absolute Gasteiger partial charge is 0.297 e. The van der Waals surface area contributed by atoms with E-state index in [2.05, 4.69) is 19.7 Å². The van der Waals surface area contributed by atoms with E-state index in [0.717, 1.165) is 25.9 Å². The number of nitrogens with zero attached hydrogens (tertiary/aromatic N) is 5. The minimum absolute atomic E-state index is 0.164. The van der Waals surface area contributed by atoms with Crippen LogP contribution in [-0.2, 0) is 7.05 Å². The van der Waals surface area contributed by atoms with E-state index in [0.29, 0.717) is 17.2 Å². The Labute approximate surface area is 145 Å². The lowest BCUT2D eigenvalue weighted by Crippen LogP contribution is -2.42. The van der Waals surface area contributed by atoms with E-state index < -0.39 is 0 Å². The van der Waals surface area contributed by atoms with Gasteiger partial charge in [0, 0.05) is 31.7 Å². The minimum Gasteiger partial charge on any atom is -0.490 e. The quantitative estimate of drug-likeness (QED) is 0.848. The van der Waals surface area contributed by atoms with E-state index in [-0.39, 0.29) is 23.2 Å². The van der Waals surface area contributed by atoms with Crippen LogP contribution in [0.5, 0.6) is 5.75 Å². The van der Waals surface area contributed by atoms with E-state index in [1.165, 1.54) is 17.9 Å². The monoisotopic (exact) mass is 340 g/mol. The zero-order valence-corrected chi connectivity index (χ0v) is 14.3. The third kappa shape index (κ3) is 3.19. The number of pyridine rings is 1. The van der Waals surface area contributed by atoms with Crippen LogP contribution in [0.2, 0.25) is 0 Å². The summed E-state index contributed by atoms with van der Waals surface area (Å²) in [6.45, 7) is 8.50. The van der Waals surface area contributed by atoms with E-state index in [1.807, 2.05) is 0 Å². The van der Waals surface area contributed by atoms with Gasteiger partial charge < -0.3 is 20.2 Å². The Kier molecular flexibility index (Phi) is 4.67. The first kappa shape index (κ1) is 16.9. The molecular weight excluding hydrogens is 320 g/mol. The van der Waals surface area contributed by atoms with Crippen molar-refractivity contribution in [1.29, 1.82) is 0 Å². The molecule has 3 rings (SSSR count). The number of ether oxygens (including phenoxy) is 1. The summed E-state index contributed by atoms with van der Waals surface area (Å²) in [5.74, 6) is 1.04. The summed E-state index contributed by atoms with van der Waals surface area (Å²) in [6.07, 6.45) is 3.25. The molecule has 0 unspecified atom stereocenters. The second-order valence-corrected chi connectivity index (χ2v) is 6.00. The van der Waals surface area contributed by atoms with Crippen LogP contribution in [0.3, 0.4) is 0 Å². The number of rotatable bonds is 3. The maximum absolute atomic E-state index is 12.7. The first-order chi connectivity index (χ1) is 12.0. The minimum atomic E-state index is -0.258. The Morgan fingerprint density at radius 2 is 2.08 bits per heavy atom. The molecule has 0 aromatic carbocycles. The molecule has 8 heteroatoms. The summed E-state index contributed by atoms with van der Waals surface area (Å²) in [4.78, 5) is 26.8. The van der Waals surface area contributed by atoms with Crippen molar-refractivity contribution in [2.24, 2.45) is 12.8 Å². The molecule has 0 amide bonds. The maximum Gasteiger partial charge on any atom is 0.297 e. The van der Waals surface area contributed by atoms with Gasteiger partial charge in [0.1, 0.15) is 11.9 Å². The van der Waals surface area contributed by atoms with Crippen LogP contribution < -0.4 is 20.9 Å². The third-order valence-corrected chi connectivity index (χ3v) is 4.39. The first-order valence-corrected chi connectivity index (χ1v) is 8.04. The van der Waals surface area contributed by atoms with Crippen LogP contribution in [0.15, 0.2) is 23.1 Å². The van der Waals surface area contributed by atoms with Crippen LogP contribution >= 0.6 is 0 Å². The van der Waals surface area contributed by atoms with Gasteiger partial charge in [-0.05, 0) is 18.9 Å². The van der Waals surface area contributed by atoms with Gasteiger partial charge in [0.2, 0.25) is 11.7 Å². The molecule has 0 bridgehead atoms. The lowest BCUT2D eigenvalue weighted by atomic mass is 10.1. The molecule has 2 aromatic rings. The summed E-state index contributed by atoms with van der Waals surface area (Å²) < 4.78 is 6.80. The van der Waals surface area contributed by atoms with Crippen LogP contribution in [0.1, 0.15) is 12.8 Å². The Hall–Kier alpha value is -2.92. The predicted molar refractivity (Wildman–Crippen MR) is 94.9 cm³/mol. The molecule has 0 atom stereocenters. The zero-order valence-electron chi connectivity index (χ0n) is 14.3. The highest BCUT2D eigenvalue weighted by Crippen LogP contribution is 2.28. The molecule has 0 aliphatic carbocycles. The highest BCUT2D eigenvalue weighted by molar-refractivity contribution is 5.67. The molecule has 0 saturated carbocycles. The molecular formula is C17H20N6O2. The Balaban J connectivity index is 2.10. The average Bonchev–Trinajstić information content (AvgIpc) is 2.65. The average molecular weight is 340 g/mol. The number of piperidine rings is 1. The molecule has 1 aliphatic rings. The van der Waals surface area contributed by atoms with Crippen molar-refractivity contribution >= 4 is 11.8 Å². The van der Waals surface area contributed by atoms with E-state index in [4.69, 9.17) is 17.0 Å². The Morgan fingerprint density at radius 1 is 1.36 bits per heavy atom. The largest absolute Gasteiger partial charge is 0.490 e. The Morgan fingerprint density at radius 3 is 2.64 bits per heavy atom. The fourth-order valence-electron chi connectivity index (χ4n) is 2.92. The topological polar surface area (TPSA) is 90.6 Å². The van der Waals surface area contributed by atoms with Gasteiger partial charge >= 0.3 is 0 Å². The van der Waals surface area contributed by atoms with Gasteiger partial charge in [-0.25, -0.2) is 4.98 Å². The van der Waals surface area contributed by atoms with Crippen molar-refractivity contribution in [1.82, 2.24) is 14.5 Å². The normalized spacial score (nSPS) is 15.0. The van der Waals surface area contributed by atoms with Crippen molar-refractivity contribution in [2.75, 3.05) is 25.1 Å². The molecule has 25 heavy (non-hydrogen) atoms. The molecule has 1 saturated heterocycles. The Bertz CT molecular complexity index is 860. The fourth-order valence-corrected chi connectivity index (χ4v) is 2.92. The van der Waals surface area contributed by atoms with Crippen LogP contribution in [0.25, 0.3) is 16.1 Å². The first-order valence-electron chi connectivity index (χ1n) is 8.04. The van der Waals surface area contributed by atoms with Gasteiger partial charge in [0.05, 0.1) is 7.11 Å². The number of nitrogens with two attached hydrogens (primary N) is 1. The summed E-state index contributed by atoms with van der Waals surface area (Å²) in [7, 11) is 3.13. The zero-order chi connectivity index (χ0) is 18.0. The van der Waals surface area contributed by atoms with Crippen molar-refractivity contribution < 1.29 is 4.74 Å². The van der Waals surface area contributed by atoms with Crippen molar-refractivity contribution in [3.8, 4) is 17.0 Å². The molecule has 1 fully saturated rings. The van der Waals surface area contributed by atoms with E-state index >= 15 is 0 Å². The van der Waals surface area contributed by atoms with Crippen molar-refractivity contribution in [3.63, 3.8) is 0 Å². The van der Waals surface area contributed by atoms with Gasteiger partial charge in [-0.3, -0.25) is 9.36 Å². The van der Waals surface area contributed by atoms with Crippen molar-refractivity contribution in [3.05, 3.63) is 40.1 Å². The molecule has 2 aromatic heterocycles. The van der Waals surface area contributed by atoms with Gasteiger partial charge in [-0.2, -0.15) is 0 Å². The molecule has 130 valence electrons. The molecule has 2 N–H and O–H groups in total. The molecule has 8 nitrogen and oxygen atoms in total. The lowest BCUT2D eigenvalue weighted by molar-refractivity contribution is 0.403. The van der Waals surface area contributed by atoms with Crippen molar-refractivity contribution in [2.45, 2.75) is 18.9 Å². The number of methoxy groups -OCH3 is 1. The van der Waals surface area contributed by atoms with Gasteiger partial charge in [0.15, 0.2) is 0 Å². The molecule has 3 heterocycles. The van der Waals surface area contributed by atoms with Crippen LogP contribution in [-0.4, -0.2) is 40.8 Å². The summed E-state index contributed by atoms with van der Waals surface area (Å²) in [5.41, 5.74) is 6.78. The second kappa shape index (κ2) is 6.91. The SMILES string of the molecule is [C-]#[N+]c1ccc(-c2nc(N3CCC(N)CC3)n(C)c(=O)c2OC)cn1. The number of hydrogen-bond donors (Lipinski definition) is 1. The molecule has 0 spiro atoms. The van der Waals surface area contributed by atoms with Gasteiger partial charge in [0.25, 0.3) is 11.4 Å². The van der Waals surface area contributed by atoms with Crippen LogP contribution in [0.4, 0.5) is 11.8 Å². The number of aromatic nitrogens is 3. The fraction of sp³-hybridized carbons (Fsp3) is 0.412. The van der Waals surface area contributed by atoms with Gasteiger partial charge in [-0.1, -0.05) is 12.6 Å². The highest BCUT2D eigenvalue weighted by atomic mass is 16.5. The molecule has 0 radical (unpaired) electrons. The van der Waals surface area contributed by atoms with E-state index in [9.17, 15) is 4.79 Å². The standard InChI is InChI=1S/C17H20N6O2/c1-19-13-5-4-11(10-20-13)14-15(25-3)16(24)22(2)17(21-14)23-8-6-12(18)7-9-23/h4-5,10,12H,6-9,18H2,2-3H3. The van der Waals surface area contributed by atoms with Gasteiger partial charge in [-0.15, -0.1) is 4.98 Å². The predicted octanol–water partition coefficient (Wildman–Crippen LogP) is 1.33. The number of hydrogen-bond acceptors (Lipinski definition) is 6. The second-order valence-electron chi connectivity index (χ2n) is 6.00. The van der Waals surface area contributed by atoms with E-state index in [1.54, 1.807) is 19.2 Å². The molecule has 1 aliphatic heterocycles. The highest BCUT2D eigenvalue weighted by Gasteiger charge is 2.24. The summed E-state index contributed by atoms with van der Waals surface area (Å²) in [5, 5.41) is 0. The summed E-state index contributed by atoms with van der Waals surface area (Å²) >= 11 is 0. The summed E-state index contributed by atoms with van der Waals surface area (Å²) in [6, 6.07) is 3.51. The maximum atomic E-state index is 12.7. The third-order valence-electron chi connectivity index (χ3n) is 4.39. The van der Waals surface area contributed by atoms with Crippen LogP contribution in [0, 0.1) is 6.57 Å². The number of anilines is 1. The lowest BCUT2D eigenvalue weighted by Gasteiger charge is -2.32.